The molecule has 1 fully saturated rings. The second-order valence-corrected chi connectivity index (χ2v) is 8.60. The van der Waals surface area contributed by atoms with Crippen LogP contribution >= 0.6 is 11.3 Å². The van der Waals surface area contributed by atoms with E-state index in [1.54, 1.807) is 18.3 Å². The molecule has 2 N–H and O–H groups in total. The van der Waals surface area contributed by atoms with Crippen LogP contribution in [0, 0.1) is 11.3 Å². The molecule has 1 saturated carbocycles. The number of benzene rings is 1. The van der Waals surface area contributed by atoms with E-state index in [2.05, 4.69) is 28.1 Å². The van der Waals surface area contributed by atoms with E-state index in [1.165, 1.54) is 11.3 Å². The van der Waals surface area contributed by atoms with Crippen molar-refractivity contribution in [3.63, 3.8) is 0 Å². The third kappa shape index (κ3) is 4.96. The molecule has 1 aliphatic carbocycles. The fourth-order valence-corrected chi connectivity index (χ4v) is 4.71. The monoisotopic (exact) mass is 450 g/mol. The highest BCUT2D eigenvalue weighted by molar-refractivity contribution is 7.16. The topological polar surface area (TPSA) is 108 Å². The van der Waals surface area contributed by atoms with Gasteiger partial charge in [-0.15, -0.1) is 11.3 Å². The second kappa shape index (κ2) is 10.4. The van der Waals surface area contributed by atoms with Crippen molar-refractivity contribution < 1.29 is 14.6 Å². The maximum Gasteiger partial charge on any atom is 0.246 e. The molecule has 0 aliphatic heterocycles. The number of aliphatic hydroxyl groups is 1. The number of nitrogens with zero attached hydrogens (tertiary/aromatic N) is 3. The van der Waals surface area contributed by atoms with Gasteiger partial charge in [0.1, 0.15) is 23.4 Å². The van der Waals surface area contributed by atoms with Crippen molar-refractivity contribution >= 4 is 29.7 Å². The van der Waals surface area contributed by atoms with Crippen LogP contribution in [0.5, 0.6) is 5.75 Å². The van der Waals surface area contributed by atoms with Crippen LogP contribution in [-0.2, 0) is 4.79 Å². The predicted molar refractivity (Wildman–Crippen MR) is 127 cm³/mol. The van der Waals surface area contributed by atoms with E-state index in [9.17, 15) is 10.1 Å². The summed E-state index contributed by atoms with van der Waals surface area (Å²) in [7, 11) is 0. The number of hydrogen-bond acceptors (Lipinski definition) is 7. The molecule has 1 amide bonds. The van der Waals surface area contributed by atoms with E-state index in [1.807, 2.05) is 32.9 Å². The van der Waals surface area contributed by atoms with E-state index in [-0.39, 0.29) is 12.1 Å². The number of aliphatic imine (C=N–C) groups is 1. The Kier molecular flexibility index (Phi) is 7.57. The van der Waals surface area contributed by atoms with Crippen molar-refractivity contribution in [1.29, 1.82) is 5.26 Å². The number of aromatic nitrogens is 1. The first-order valence-electron chi connectivity index (χ1n) is 10.4. The quantitative estimate of drug-likeness (QED) is 0.618. The van der Waals surface area contributed by atoms with E-state index in [0.29, 0.717) is 11.3 Å². The smallest absolute Gasteiger partial charge is 0.246 e. The number of nitrogens with one attached hydrogen (secondary N) is 1. The Hall–Kier alpha value is -3.28. The van der Waals surface area contributed by atoms with Gasteiger partial charge in [-0.2, -0.15) is 5.26 Å². The van der Waals surface area contributed by atoms with Crippen LogP contribution in [0.15, 0.2) is 46.6 Å². The molecule has 32 heavy (non-hydrogen) atoms. The van der Waals surface area contributed by atoms with Crippen LogP contribution in [0.4, 0.5) is 0 Å². The summed E-state index contributed by atoms with van der Waals surface area (Å²) in [6.45, 7) is 8.97. The number of nitriles is 1. The molecule has 1 heterocycles. The zero-order chi connectivity index (χ0) is 23.3. The van der Waals surface area contributed by atoms with Gasteiger partial charge in [-0.05, 0) is 69.7 Å². The zero-order valence-corrected chi connectivity index (χ0v) is 19.2. The minimum atomic E-state index is -0.539. The number of hydrogen-bond donors (Lipinski definition) is 2. The van der Waals surface area contributed by atoms with Gasteiger partial charge >= 0.3 is 0 Å². The third-order valence-electron chi connectivity index (χ3n) is 5.09. The zero-order valence-electron chi connectivity index (χ0n) is 18.4. The van der Waals surface area contributed by atoms with Gasteiger partial charge in [0, 0.05) is 11.8 Å². The molecule has 2 aromatic rings. The lowest BCUT2D eigenvalue weighted by atomic mass is 10.0. The van der Waals surface area contributed by atoms with Crippen molar-refractivity contribution in [3.8, 4) is 22.4 Å². The summed E-state index contributed by atoms with van der Waals surface area (Å²) in [6, 6.07) is 7.49. The van der Waals surface area contributed by atoms with Crippen molar-refractivity contribution in [2.45, 2.75) is 45.8 Å². The molecule has 166 valence electrons. The van der Waals surface area contributed by atoms with Crippen LogP contribution < -0.4 is 10.1 Å². The first kappa shape index (κ1) is 23.4. The molecule has 0 saturated heterocycles. The molecule has 1 atom stereocenters. The van der Waals surface area contributed by atoms with Gasteiger partial charge in [0.25, 0.3) is 0 Å². The van der Waals surface area contributed by atoms with Crippen LogP contribution in [-0.4, -0.2) is 41.5 Å². The average molecular weight is 451 g/mol. The lowest BCUT2D eigenvalue weighted by Gasteiger charge is -2.14. The summed E-state index contributed by atoms with van der Waals surface area (Å²) < 4.78 is 5.70. The molecule has 0 radical (unpaired) electrons. The predicted octanol–water partition coefficient (Wildman–Crippen LogP) is 4.10. The normalized spacial score (nSPS) is 18.5. The largest absolute Gasteiger partial charge is 0.490 e. The Labute approximate surface area is 191 Å². The SMILES string of the molecule is C=N/C(=C1/CC[C@H](NC(=O)CO)/C1=C/C)c1cnc(-c2ccc(OC(C)C)c(C#N)c2)s1. The summed E-state index contributed by atoms with van der Waals surface area (Å²) in [6.07, 6.45) is 5.16. The van der Waals surface area contributed by atoms with Gasteiger partial charge in [0.15, 0.2) is 0 Å². The fraction of sp³-hybridized carbons (Fsp3) is 0.333. The number of amides is 1. The van der Waals surface area contributed by atoms with Gasteiger partial charge in [0.05, 0.1) is 28.3 Å². The molecule has 0 unspecified atom stereocenters. The van der Waals surface area contributed by atoms with E-state index >= 15 is 0 Å². The van der Waals surface area contributed by atoms with E-state index < -0.39 is 12.5 Å². The third-order valence-corrected chi connectivity index (χ3v) is 6.14. The Balaban J connectivity index is 1.94. The van der Waals surface area contributed by atoms with Gasteiger partial charge in [0.2, 0.25) is 5.91 Å². The first-order valence-corrected chi connectivity index (χ1v) is 11.2. The van der Waals surface area contributed by atoms with Gasteiger partial charge in [-0.1, -0.05) is 6.08 Å². The number of rotatable bonds is 7. The second-order valence-electron chi connectivity index (χ2n) is 7.57. The van der Waals surface area contributed by atoms with Crippen LogP contribution in [0.2, 0.25) is 0 Å². The summed E-state index contributed by atoms with van der Waals surface area (Å²) >= 11 is 1.47. The molecule has 1 aromatic carbocycles. The maximum atomic E-state index is 11.7. The summed E-state index contributed by atoms with van der Waals surface area (Å²) in [5.74, 6) is 0.153. The Morgan fingerprint density at radius 1 is 1.53 bits per heavy atom. The van der Waals surface area contributed by atoms with Crippen molar-refractivity contribution in [2.24, 2.45) is 4.99 Å². The maximum absolute atomic E-state index is 11.7. The number of carbonyl (C=O) groups excluding carboxylic acids is 1. The lowest BCUT2D eigenvalue weighted by molar-refractivity contribution is -0.124. The summed E-state index contributed by atoms with van der Waals surface area (Å²) in [5, 5.41) is 22.2. The molecule has 3 rings (SSSR count). The van der Waals surface area contributed by atoms with Crippen molar-refractivity contribution in [2.75, 3.05) is 6.61 Å². The van der Waals surface area contributed by atoms with Crippen molar-refractivity contribution in [3.05, 3.63) is 52.1 Å². The molecule has 0 spiro atoms. The minimum Gasteiger partial charge on any atom is -0.490 e. The van der Waals surface area contributed by atoms with Crippen LogP contribution in [0.25, 0.3) is 16.3 Å². The molecule has 1 aromatic heterocycles. The molecule has 8 heteroatoms. The number of ether oxygens (including phenoxy) is 1. The van der Waals surface area contributed by atoms with Gasteiger partial charge in [-0.3, -0.25) is 9.79 Å². The number of aliphatic hydroxyl groups excluding tert-OH is 1. The number of carbonyl (C=O) groups is 1. The number of thiazole rings is 1. The van der Waals surface area contributed by atoms with Crippen LogP contribution in [0.3, 0.4) is 0 Å². The molecule has 1 aliphatic rings. The van der Waals surface area contributed by atoms with Crippen LogP contribution in [0.1, 0.15) is 44.1 Å². The minimum absolute atomic E-state index is 0.0227. The molecular weight excluding hydrogens is 424 g/mol. The highest BCUT2D eigenvalue weighted by atomic mass is 32.1. The Morgan fingerprint density at radius 2 is 2.31 bits per heavy atom. The highest BCUT2D eigenvalue weighted by Gasteiger charge is 2.29. The Bertz CT molecular complexity index is 1120. The molecular formula is C24H26N4O3S. The number of allylic oxidation sites excluding steroid dienone is 1. The summed E-state index contributed by atoms with van der Waals surface area (Å²) in [4.78, 5) is 21.4. The van der Waals surface area contributed by atoms with Gasteiger partial charge < -0.3 is 15.2 Å². The fourth-order valence-electron chi connectivity index (χ4n) is 3.77. The molecule has 0 bridgehead atoms. The summed E-state index contributed by atoms with van der Waals surface area (Å²) in [5.41, 5.74) is 4.02. The van der Waals surface area contributed by atoms with Crippen molar-refractivity contribution in [1.82, 2.24) is 10.3 Å². The Morgan fingerprint density at radius 3 is 2.94 bits per heavy atom. The first-order chi connectivity index (χ1) is 15.4. The van der Waals surface area contributed by atoms with E-state index in [0.717, 1.165) is 45.1 Å². The lowest BCUT2D eigenvalue weighted by Crippen LogP contribution is -2.35. The average Bonchev–Trinajstić information content (AvgIpc) is 3.42. The molecule has 7 nitrogen and oxygen atoms in total. The standard InChI is InChI=1S/C24H26N4O3S/c1-5-17-18(7-8-19(17)28-22(30)13-29)23(26-4)21-12-27-24(32-21)15-6-9-20(31-14(2)3)16(10-15)11-25/h5-6,9-10,12,14,19,29H,4,7-8,13H2,1-3H3,(H,28,30)/b17-5+,23-18-/t19-/m0/s1. The van der Waals surface area contributed by atoms with E-state index in [4.69, 9.17) is 9.84 Å². The highest BCUT2D eigenvalue weighted by Crippen LogP contribution is 2.40. The van der Waals surface area contributed by atoms with Gasteiger partial charge in [-0.25, -0.2) is 4.98 Å².